The van der Waals surface area contributed by atoms with E-state index in [9.17, 15) is 31.5 Å². The van der Waals surface area contributed by atoms with E-state index in [1.807, 2.05) is 0 Å². The summed E-state index contributed by atoms with van der Waals surface area (Å²) in [6.07, 6.45) is -4.16. The van der Waals surface area contributed by atoms with Gasteiger partial charge in [0.25, 0.3) is 5.91 Å². The third kappa shape index (κ3) is 4.05. The van der Waals surface area contributed by atoms with Crippen molar-refractivity contribution < 1.29 is 36.3 Å². The summed E-state index contributed by atoms with van der Waals surface area (Å²) < 4.78 is 70.7. The molecule has 26 heavy (non-hydrogen) atoms. The molecule has 0 spiro atoms. The number of carbonyl (C=O) groups is 2. The van der Waals surface area contributed by atoms with Crippen LogP contribution in [0.3, 0.4) is 0 Å². The summed E-state index contributed by atoms with van der Waals surface area (Å²) in [4.78, 5) is 27.3. The molecule has 0 saturated heterocycles. The zero-order chi connectivity index (χ0) is 19.5. The standard InChI is InChI=1S/C15H10F5N3O3/c1-26-13-10(7(5-6-21-13)15(18,19)20)12(24)23-14(25)22-11-8(16)3-2-4-9(11)17/h2-6H,1H3,(H2,22,23,24,25). The van der Waals surface area contributed by atoms with Crippen molar-refractivity contribution in [1.82, 2.24) is 10.3 Å². The van der Waals surface area contributed by atoms with Crippen molar-refractivity contribution in [2.45, 2.75) is 6.18 Å². The molecule has 2 aromatic rings. The number of benzene rings is 1. The largest absolute Gasteiger partial charge is 0.480 e. The van der Waals surface area contributed by atoms with Gasteiger partial charge in [0, 0.05) is 6.20 Å². The Labute approximate surface area is 143 Å². The highest BCUT2D eigenvalue weighted by atomic mass is 19.4. The summed E-state index contributed by atoms with van der Waals surface area (Å²) in [7, 11) is 0.980. The van der Waals surface area contributed by atoms with Gasteiger partial charge in [-0.05, 0) is 18.2 Å². The number of pyridine rings is 1. The fourth-order valence-corrected chi connectivity index (χ4v) is 1.98. The highest BCUT2D eigenvalue weighted by Gasteiger charge is 2.38. The van der Waals surface area contributed by atoms with Gasteiger partial charge in [-0.15, -0.1) is 0 Å². The number of hydrogen-bond donors (Lipinski definition) is 2. The first-order chi connectivity index (χ1) is 12.1. The molecule has 138 valence electrons. The van der Waals surface area contributed by atoms with E-state index in [1.54, 1.807) is 10.6 Å². The second-order valence-electron chi connectivity index (χ2n) is 4.75. The molecule has 0 aliphatic rings. The number of para-hydroxylation sites is 1. The Morgan fingerprint density at radius 1 is 1.12 bits per heavy atom. The normalized spacial score (nSPS) is 11.0. The second-order valence-corrected chi connectivity index (χ2v) is 4.75. The average molecular weight is 375 g/mol. The van der Waals surface area contributed by atoms with Crippen LogP contribution in [0.5, 0.6) is 5.88 Å². The van der Waals surface area contributed by atoms with E-state index < -0.39 is 52.4 Å². The van der Waals surface area contributed by atoms with Gasteiger partial charge in [-0.1, -0.05) is 6.07 Å². The molecular weight excluding hydrogens is 365 g/mol. The van der Waals surface area contributed by atoms with E-state index in [2.05, 4.69) is 9.72 Å². The third-order valence-electron chi connectivity index (χ3n) is 3.07. The molecule has 1 aromatic carbocycles. The number of amides is 3. The first kappa shape index (κ1) is 19.1. The summed E-state index contributed by atoms with van der Waals surface area (Å²) in [6, 6.07) is 1.79. The molecule has 6 nitrogen and oxygen atoms in total. The maximum Gasteiger partial charge on any atom is 0.417 e. The van der Waals surface area contributed by atoms with E-state index in [-0.39, 0.29) is 0 Å². The predicted molar refractivity (Wildman–Crippen MR) is 78.6 cm³/mol. The Bertz CT molecular complexity index is 835. The molecule has 0 bridgehead atoms. The van der Waals surface area contributed by atoms with Crippen LogP contribution in [0.4, 0.5) is 32.4 Å². The van der Waals surface area contributed by atoms with Crippen LogP contribution in [-0.4, -0.2) is 24.0 Å². The number of alkyl halides is 3. The van der Waals surface area contributed by atoms with Gasteiger partial charge < -0.3 is 10.1 Å². The quantitative estimate of drug-likeness (QED) is 0.807. The first-order valence-electron chi connectivity index (χ1n) is 6.81. The fourth-order valence-electron chi connectivity index (χ4n) is 1.98. The van der Waals surface area contributed by atoms with Crippen molar-refractivity contribution in [2.24, 2.45) is 0 Å². The zero-order valence-corrected chi connectivity index (χ0v) is 12.9. The lowest BCUT2D eigenvalue weighted by molar-refractivity contribution is -0.138. The number of halogens is 5. The molecule has 2 N–H and O–H groups in total. The number of rotatable bonds is 3. The molecule has 1 heterocycles. The van der Waals surface area contributed by atoms with Gasteiger partial charge in [0.15, 0.2) is 0 Å². The Balaban J connectivity index is 2.29. The van der Waals surface area contributed by atoms with Gasteiger partial charge in [-0.2, -0.15) is 13.2 Å². The van der Waals surface area contributed by atoms with Gasteiger partial charge in [-0.3, -0.25) is 10.1 Å². The van der Waals surface area contributed by atoms with Crippen LogP contribution in [-0.2, 0) is 6.18 Å². The lowest BCUT2D eigenvalue weighted by atomic mass is 10.1. The Morgan fingerprint density at radius 2 is 1.73 bits per heavy atom. The van der Waals surface area contributed by atoms with Crippen molar-refractivity contribution in [3.05, 3.63) is 53.2 Å². The van der Waals surface area contributed by atoms with Gasteiger partial charge in [0.1, 0.15) is 22.9 Å². The Morgan fingerprint density at radius 3 is 2.27 bits per heavy atom. The summed E-state index contributed by atoms with van der Waals surface area (Å²) in [5.41, 5.74) is -3.31. The number of carbonyl (C=O) groups excluding carboxylic acids is 2. The number of urea groups is 1. The molecule has 1 aromatic heterocycles. The predicted octanol–water partition coefficient (Wildman–Crippen LogP) is 3.35. The lowest BCUT2D eigenvalue weighted by Crippen LogP contribution is -2.36. The number of hydrogen-bond acceptors (Lipinski definition) is 4. The number of imide groups is 1. The molecule has 3 amide bonds. The number of nitrogens with one attached hydrogen (secondary N) is 2. The van der Waals surface area contributed by atoms with Crippen LogP contribution in [0, 0.1) is 11.6 Å². The first-order valence-corrected chi connectivity index (χ1v) is 6.81. The average Bonchev–Trinajstić information content (AvgIpc) is 2.56. The van der Waals surface area contributed by atoms with Crippen molar-refractivity contribution in [3.8, 4) is 5.88 Å². The molecule has 0 radical (unpaired) electrons. The Hall–Kier alpha value is -3.24. The molecule has 0 unspecified atom stereocenters. The van der Waals surface area contributed by atoms with Gasteiger partial charge in [0.2, 0.25) is 5.88 Å². The van der Waals surface area contributed by atoms with E-state index in [0.29, 0.717) is 6.07 Å². The van der Waals surface area contributed by atoms with Crippen molar-refractivity contribution in [2.75, 3.05) is 12.4 Å². The SMILES string of the molecule is COc1nccc(C(F)(F)F)c1C(=O)NC(=O)Nc1c(F)cccc1F. The molecule has 11 heteroatoms. The summed E-state index contributed by atoms with van der Waals surface area (Å²) in [5.74, 6) is -4.47. The maximum absolute atomic E-state index is 13.5. The van der Waals surface area contributed by atoms with Crippen LogP contribution in [0.1, 0.15) is 15.9 Å². The molecular formula is C15H10F5N3O3. The highest BCUT2D eigenvalue weighted by Crippen LogP contribution is 2.34. The summed E-state index contributed by atoms with van der Waals surface area (Å²) >= 11 is 0. The maximum atomic E-state index is 13.5. The van der Waals surface area contributed by atoms with Crippen molar-refractivity contribution in [3.63, 3.8) is 0 Å². The molecule has 2 rings (SSSR count). The van der Waals surface area contributed by atoms with E-state index in [4.69, 9.17) is 0 Å². The molecule has 0 aliphatic heterocycles. The minimum absolute atomic E-state index is 0.520. The molecule has 0 saturated carbocycles. The fraction of sp³-hybridized carbons (Fsp3) is 0.133. The van der Waals surface area contributed by atoms with Crippen LogP contribution >= 0.6 is 0 Å². The van der Waals surface area contributed by atoms with Crippen LogP contribution in [0.2, 0.25) is 0 Å². The molecule has 0 fully saturated rings. The van der Waals surface area contributed by atoms with Crippen molar-refractivity contribution >= 4 is 17.6 Å². The summed E-state index contributed by atoms with van der Waals surface area (Å²) in [6.45, 7) is 0. The minimum atomic E-state index is -4.93. The zero-order valence-electron chi connectivity index (χ0n) is 12.9. The monoisotopic (exact) mass is 375 g/mol. The Kier molecular flexibility index (Phi) is 5.38. The van der Waals surface area contributed by atoms with Gasteiger partial charge in [0.05, 0.1) is 12.7 Å². The number of aromatic nitrogens is 1. The highest BCUT2D eigenvalue weighted by molar-refractivity contribution is 6.09. The summed E-state index contributed by atoms with van der Waals surface area (Å²) in [5, 5.41) is 3.26. The van der Waals surface area contributed by atoms with Crippen LogP contribution < -0.4 is 15.4 Å². The van der Waals surface area contributed by atoms with Crippen LogP contribution in [0.25, 0.3) is 0 Å². The van der Waals surface area contributed by atoms with E-state index >= 15 is 0 Å². The number of ether oxygens (including phenoxy) is 1. The number of methoxy groups -OCH3 is 1. The van der Waals surface area contributed by atoms with Crippen molar-refractivity contribution in [1.29, 1.82) is 0 Å². The second kappa shape index (κ2) is 7.33. The molecule has 0 atom stereocenters. The van der Waals surface area contributed by atoms with Gasteiger partial charge >= 0.3 is 12.2 Å². The van der Waals surface area contributed by atoms with Gasteiger partial charge in [-0.25, -0.2) is 18.6 Å². The third-order valence-corrected chi connectivity index (χ3v) is 3.07. The smallest absolute Gasteiger partial charge is 0.417 e. The van der Waals surface area contributed by atoms with E-state index in [1.165, 1.54) is 0 Å². The minimum Gasteiger partial charge on any atom is -0.480 e. The topological polar surface area (TPSA) is 80.3 Å². The number of nitrogens with zero attached hydrogens (tertiary/aromatic N) is 1. The van der Waals surface area contributed by atoms with Crippen LogP contribution in [0.15, 0.2) is 30.5 Å². The van der Waals surface area contributed by atoms with E-state index in [0.717, 1.165) is 31.5 Å². The number of anilines is 1. The molecule has 0 aliphatic carbocycles. The lowest BCUT2D eigenvalue weighted by Gasteiger charge is -2.15.